The van der Waals surface area contributed by atoms with E-state index in [4.69, 9.17) is 9.15 Å². The first-order valence-corrected chi connectivity index (χ1v) is 8.67. The second-order valence-electron chi connectivity index (χ2n) is 6.47. The second-order valence-corrected chi connectivity index (χ2v) is 6.47. The number of furan rings is 1. The number of amides is 1. The molecular formula is C20H20N4O3. The summed E-state index contributed by atoms with van der Waals surface area (Å²) >= 11 is 0. The highest BCUT2D eigenvalue weighted by molar-refractivity contribution is 5.87. The van der Waals surface area contributed by atoms with Crippen molar-refractivity contribution in [3.63, 3.8) is 0 Å². The highest BCUT2D eigenvalue weighted by Crippen LogP contribution is 2.26. The SMILES string of the molecule is CC(C)COc1nc2ccccc2nc1C(C#N)C(=O)NCc1ccco1. The molecule has 0 bridgehead atoms. The van der Waals surface area contributed by atoms with Crippen molar-refractivity contribution in [3.05, 3.63) is 54.1 Å². The number of rotatable bonds is 7. The smallest absolute Gasteiger partial charge is 0.244 e. The summed E-state index contributed by atoms with van der Waals surface area (Å²) in [6, 6.07) is 12.8. The Labute approximate surface area is 157 Å². The third-order valence-electron chi connectivity index (χ3n) is 3.80. The molecule has 138 valence electrons. The van der Waals surface area contributed by atoms with Crippen LogP contribution in [-0.2, 0) is 11.3 Å². The van der Waals surface area contributed by atoms with Crippen LogP contribution in [0.2, 0.25) is 0 Å². The molecule has 0 spiro atoms. The van der Waals surface area contributed by atoms with Crippen LogP contribution < -0.4 is 10.1 Å². The average Bonchev–Trinajstić information content (AvgIpc) is 3.18. The zero-order valence-electron chi connectivity index (χ0n) is 15.2. The van der Waals surface area contributed by atoms with Gasteiger partial charge in [-0.25, -0.2) is 9.97 Å². The van der Waals surface area contributed by atoms with Gasteiger partial charge in [0.05, 0.1) is 36.5 Å². The number of nitrogens with one attached hydrogen (secondary N) is 1. The molecule has 3 rings (SSSR count). The van der Waals surface area contributed by atoms with Crippen LogP contribution >= 0.6 is 0 Å². The van der Waals surface area contributed by atoms with Gasteiger partial charge in [0, 0.05) is 0 Å². The van der Waals surface area contributed by atoms with E-state index in [2.05, 4.69) is 15.3 Å². The number of benzene rings is 1. The van der Waals surface area contributed by atoms with Crippen LogP contribution in [0.15, 0.2) is 47.1 Å². The molecule has 0 aliphatic carbocycles. The Bertz CT molecular complexity index is 961. The quantitative estimate of drug-likeness (QED) is 0.691. The van der Waals surface area contributed by atoms with E-state index in [1.165, 1.54) is 6.26 Å². The van der Waals surface area contributed by atoms with Gasteiger partial charge in [-0.05, 0) is 30.2 Å². The average molecular weight is 364 g/mol. The van der Waals surface area contributed by atoms with E-state index in [1.807, 2.05) is 38.1 Å². The number of ether oxygens (including phenoxy) is 1. The molecule has 0 aliphatic rings. The summed E-state index contributed by atoms with van der Waals surface area (Å²) in [7, 11) is 0. The molecule has 1 unspecified atom stereocenters. The number of nitriles is 1. The summed E-state index contributed by atoms with van der Waals surface area (Å²) in [5.74, 6) is -0.547. The maximum absolute atomic E-state index is 12.6. The predicted molar refractivity (Wildman–Crippen MR) is 98.8 cm³/mol. The number of hydrogen-bond donors (Lipinski definition) is 1. The molecule has 2 aromatic heterocycles. The van der Waals surface area contributed by atoms with Crippen molar-refractivity contribution in [2.24, 2.45) is 5.92 Å². The van der Waals surface area contributed by atoms with Gasteiger partial charge in [-0.3, -0.25) is 4.79 Å². The lowest BCUT2D eigenvalue weighted by Gasteiger charge is -2.15. The zero-order valence-corrected chi connectivity index (χ0v) is 15.2. The molecule has 3 aromatic rings. The maximum Gasteiger partial charge on any atom is 0.244 e. The van der Waals surface area contributed by atoms with Gasteiger partial charge in [0.1, 0.15) is 11.5 Å². The Morgan fingerprint density at radius 3 is 2.59 bits per heavy atom. The summed E-state index contributed by atoms with van der Waals surface area (Å²) < 4.78 is 11.0. The summed E-state index contributed by atoms with van der Waals surface area (Å²) in [6.07, 6.45) is 1.52. The van der Waals surface area contributed by atoms with Crippen molar-refractivity contribution >= 4 is 16.9 Å². The van der Waals surface area contributed by atoms with Crippen LogP contribution in [0.4, 0.5) is 0 Å². The first-order chi connectivity index (χ1) is 13.1. The fourth-order valence-electron chi connectivity index (χ4n) is 2.47. The molecule has 0 radical (unpaired) electrons. The highest BCUT2D eigenvalue weighted by atomic mass is 16.5. The first kappa shape index (κ1) is 18.4. The molecule has 0 saturated carbocycles. The van der Waals surface area contributed by atoms with Gasteiger partial charge >= 0.3 is 0 Å². The number of carbonyl (C=O) groups excluding carboxylic acids is 1. The second kappa shape index (κ2) is 8.32. The molecule has 0 fully saturated rings. The highest BCUT2D eigenvalue weighted by Gasteiger charge is 2.27. The lowest BCUT2D eigenvalue weighted by molar-refractivity contribution is -0.121. The van der Waals surface area contributed by atoms with Gasteiger partial charge in [-0.1, -0.05) is 26.0 Å². The summed E-state index contributed by atoms with van der Waals surface area (Å²) in [5, 5.41) is 12.3. The van der Waals surface area contributed by atoms with Gasteiger partial charge in [0.15, 0.2) is 5.92 Å². The molecule has 7 nitrogen and oxygen atoms in total. The van der Waals surface area contributed by atoms with Gasteiger partial charge in [0.25, 0.3) is 0 Å². The van der Waals surface area contributed by atoms with E-state index >= 15 is 0 Å². The van der Waals surface area contributed by atoms with Crippen LogP contribution in [-0.4, -0.2) is 22.5 Å². The molecule has 1 N–H and O–H groups in total. The van der Waals surface area contributed by atoms with Gasteiger partial charge in [0.2, 0.25) is 11.8 Å². The minimum absolute atomic E-state index is 0.188. The lowest BCUT2D eigenvalue weighted by Crippen LogP contribution is -2.29. The van der Waals surface area contributed by atoms with Crippen molar-refractivity contribution in [1.29, 1.82) is 5.26 Å². The van der Waals surface area contributed by atoms with E-state index < -0.39 is 11.8 Å². The topological polar surface area (TPSA) is 101 Å². The van der Waals surface area contributed by atoms with E-state index in [1.54, 1.807) is 18.2 Å². The van der Waals surface area contributed by atoms with Crippen LogP contribution in [0.3, 0.4) is 0 Å². The minimum atomic E-state index is -1.14. The van der Waals surface area contributed by atoms with Crippen molar-refractivity contribution < 1.29 is 13.9 Å². The van der Waals surface area contributed by atoms with Gasteiger partial charge in [-0.2, -0.15) is 5.26 Å². The summed E-state index contributed by atoms with van der Waals surface area (Å²) in [5.41, 5.74) is 1.46. The zero-order chi connectivity index (χ0) is 19.2. The predicted octanol–water partition coefficient (Wildman–Crippen LogP) is 3.18. The van der Waals surface area contributed by atoms with Crippen molar-refractivity contribution in [2.45, 2.75) is 26.3 Å². The number of para-hydroxylation sites is 2. The van der Waals surface area contributed by atoms with E-state index in [9.17, 15) is 10.1 Å². The third-order valence-corrected chi connectivity index (χ3v) is 3.80. The summed E-state index contributed by atoms with van der Waals surface area (Å²) in [4.78, 5) is 21.6. The van der Waals surface area contributed by atoms with Crippen molar-refractivity contribution in [3.8, 4) is 11.9 Å². The standard InChI is InChI=1S/C20H20N4O3/c1-13(2)12-27-20-18(23-16-7-3-4-8-17(16)24-20)15(10-21)19(25)22-11-14-6-5-9-26-14/h3-9,13,15H,11-12H2,1-2H3,(H,22,25). The van der Waals surface area contributed by atoms with Crippen molar-refractivity contribution in [2.75, 3.05) is 6.61 Å². The van der Waals surface area contributed by atoms with Crippen LogP contribution in [0.25, 0.3) is 11.0 Å². The fraction of sp³-hybridized carbons (Fsp3) is 0.300. The molecule has 1 amide bonds. The van der Waals surface area contributed by atoms with E-state index in [-0.39, 0.29) is 24.0 Å². The Kier molecular flexibility index (Phi) is 5.67. The summed E-state index contributed by atoms with van der Waals surface area (Å²) in [6.45, 7) is 4.61. The first-order valence-electron chi connectivity index (χ1n) is 8.67. The normalized spacial score (nSPS) is 11.9. The van der Waals surface area contributed by atoms with E-state index in [0.29, 0.717) is 23.4 Å². The molecule has 7 heteroatoms. The van der Waals surface area contributed by atoms with E-state index in [0.717, 1.165) is 0 Å². The molecule has 1 aromatic carbocycles. The number of aromatic nitrogens is 2. The maximum atomic E-state index is 12.6. The largest absolute Gasteiger partial charge is 0.476 e. The third kappa shape index (κ3) is 4.42. The number of nitrogens with zero attached hydrogens (tertiary/aromatic N) is 3. The van der Waals surface area contributed by atoms with Crippen molar-refractivity contribution in [1.82, 2.24) is 15.3 Å². The monoisotopic (exact) mass is 364 g/mol. The Morgan fingerprint density at radius 1 is 1.22 bits per heavy atom. The molecular weight excluding hydrogens is 344 g/mol. The Hall–Kier alpha value is -3.40. The molecule has 27 heavy (non-hydrogen) atoms. The molecule has 0 aliphatic heterocycles. The Morgan fingerprint density at radius 2 is 1.96 bits per heavy atom. The Balaban J connectivity index is 1.91. The minimum Gasteiger partial charge on any atom is -0.476 e. The van der Waals surface area contributed by atoms with Gasteiger partial charge in [-0.15, -0.1) is 0 Å². The lowest BCUT2D eigenvalue weighted by atomic mass is 10.1. The number of fused-ring (bicyclic) bond motifs is 1. The van der Waals surface area contributed by atoms with Crippen LogP contribution in [0, 0.1) is 17.2 Å². The fourth-order valence-corrected chi connectivity index (χ4v) is 2.47. The molecule has 2 heterocycles. The van der Waals surface area contributed by atoms with Crippen LogP contribution in [0.1, 0.15) is 31.2 Å². The molecule has 1 atom stereocenters. The number of hydrogen-bond acceptors (Lipinski definition) is 6. The van der Waals surface area contributed by atoms with Crippen LogP contribution in [0.5, 0.6) is 5.88 Å². The van der Waals surface area contributed by atoms with Gasteiger partial charge < -0.3 is 14.5 Å². The molecule has 0 saturated heterocycles. The number of carbonyl (C=O) groups is 1.